The number of nitrogens with one attached hydrogen (secondary N) is 1. The lowest BCUT2D eigenvalue weighted by atomic mass is 9.72. The highest BCUT2D eigenvalue weighted by atomic mass is 16.5. The number of fused-ring (bicyclic) bond motifs is 2. The van der Waals surface area contributed by atoms with Crippen LogP contribution in [0.2, 0.25) is 0 Å². The number of para-hydroxylation sites is 1. The van der Waals surface area contributed by atoms with Crippen molar-refractivity contribution in [3.63, 3.8) is 0 Å². The summed E-state index contributed by atoms with van der Waals surface area (Å²) < 4.78 is 6.81. The zero-order valence-corrected chi connectivity index (χ0v) is 25.9. The average Bonchev–Trinajstić information content (AvgIpc) is 3.07. The predicted octanol–water partition coefficient (Wildman–Crippen LogP) is 9.14. The summed E-state index contributed by atoms with van der Waals surface area (Å²) >= 11 is 0. The van der Waals surface area contributed by atoms with E-state index in [0.29, 0.717) is 12.1 Å². The fourth-order valence-corrected chi connectivity index (χ4v) is 6.51. The van der Waals surface area contributed by atoms with Crippen molar-refractivity contribution in [1.82, 2.24) is 4.90 Å². The van der Waals surface area contributed by atoms with E-state index >= 15 is 0 Å². The van der Waals surface area contributed by atoms with Crippen LogP contribution < -0.4 is 15.0 Å². The number of nitrogens with zero attached hydrogens (tertiary/aromatic N) is 2. The van der Waals surface area contributed by atoms with Gasteiger partial charge in [-0.05, 0) is 81.3 Å². The molecule has 0 bridgehead atoms. The fraction of sp³-hybridized carbons (Fsp3) is 0.205. The van der Waals surface area contributed by atoms with E-state index < -0.39 is 5.54 Å². The van der Waals surface area contributed by atoms with Crippen LogP contribution in [0.25, 0.3) is 0 Å². The Labute approximate surface area is 260 Å². The van der Waals surface area contributed by atoms with Gasteiger partial charge in [-0.2, -0.15) is 0 Å². The second-order valence-corrected chi connectivity index (χ2v) is 11.1. The van der Waals surface area contributed by atoms with Crippen LogP contribution in [0, 0.1) is 6.92 Å². The fourth-order valence-electron chi connectivity index (χ4n) is 6.51. The van der Waals surface area contributed by atoms with Crippen molar-refractivity contribution in [2.75, 3.05) is 29.9 Å². The van der Waals surface area contributed by atoms with Gasteiger partial charge in [-0.3, -0.25) is 4.79 Å². The van der Waals surface area contributed by atoms with Gasteiger partial charge in [0.05, 0.1) is 0 Å². The van der Waals surface area contributed by atoms with Gasteiger partial charge in [-0.25, -0.2) is 0 Å². The summed E-state index contributed by atoms with van der Waals surface area (Å²) in [5.74, 6) is 1.46. The lowest BCUT2D eigenvalue weighted by Crippen LogP contribution is -2.52. The molecule has 5 heteroatoms. The summed E-state index contributed by atoms with van der Waals surface area (Å²) in [4.78, 5) is 19.0. The monoisotopic (exact) mass is 581 g/mol. The highest BCUT2D eigenvalue weighted by Gasteiger charge is 2.50. The minimum Gasteiger partial charge on any atom is -0.456 e. The molecule has 0 spiro atoms. The van der Waals surface area contributed by atoms with Gasteiger partial charge < -0.3 is 19.9 Å². The summed E-state index contributed by atoms with van der Waals surface area (Å²) in [6, 6.07) is 40.8. The minimum absolute atomic E-state index is 0.0401. The van der Waals surface area contributed by atoms with Crippen molar-refractivity contribution in [3.05, 3.63) is 149 Å². The Hall–Kier alpha value is -5.03. The number of carbonyl (C=O) groups is 1. The SMILES string of the molecule is CCN(CC)c1ccc2c(c1)Oc1cc(C)c(Nc3ccccc3)cc1C2(c1ccccc1)N(CC)C(=O)c1ccccc1. The Morgan fingerprint density at radius 2 is 1.32 bits per heavy atom. The van der Waals surface area contributed by atoms with Gasteiger partial charge in [0.15, 0.2) is 0 Å². The van der Waals surface area contributed by atoms with Crippen LogP contribution in [0.15, 0.2) is 121 Å². The number of benzene rings is 5. The zero-order chi connectivity index (χ0) is 30.7. The molecule has 1 N–H and O–H groups in total. The third-order valence-corrected chi connectivity index (χ3v) is 8.65. The number of hydrogen-bond donors (Lipinski definition) is 1. The molecule has 1 heterocycles. The molecular formula is C39H39N3O2. The molecule has 1 aliphatic rings. The average molecular weight is 582 g/mol. The van der Waals surface area contributed by atoms with Gasteiger partial charge in [0.1, 0.15) is 17.0 Å². The Bertz CT molecular complexity index is 1750. The van der Waals surface area contributed by atoms with Gasteiger partial charge in [0.2, 0.25) is 0 Å². The molecule has 1 unspecified atom stereocenters. The maximum atomic E-state index is 14.6. The molecule has 1 aliphatic heterocycles. The molecule has 0 saturated heterocycles. The molecule has 0 aliphatic carbocycles. The Morgan fingerprint density at radius 3 is 1.95 bits per heavy atom. The van der Waals surface area contributed by atoms with Crippen LogP contribution in [0.5, 0.6) is 11.5 Å². The van der Waals surface area contributed by atoms with Crippen molar-refractivity contribution >= 4 is 23.0 Å². The van der Waals surface area contributed by atoms with Crippen LogP contribution in [0.3, 0.4) is 0 Å². The zero-order valence-electron chi connectivity index (χ0n) is 25.9. The van der Waals surface area contributed by atoms with Gasteiger partial charge in [0.25, 0.3) is 5.91 Å². The van der Waals surface area contributed by atoms with E-state index in [9.17, 15) is 4.79 Å². The van der Waals surface area contributed by atoms with E-state index in [1.807, 2.05) is 71.6 Å². The molecule has 0 aromatic heterocycles. The molecule has 6 rings (SSSR count). The van der Waals surface area contributed by atoms with Crippen molar-refractivity contribution in [3.8, 4) is 11.5 Å². The minimum atomic E-state index is -0.964. The lowest BCUT2D eigenvalue weighted by molar-refractivity contribution is 0.0615. The number of rotatable bonds is 9. The Balaban J connectivity index is 1.67. The van der Waals surface area contributed by atoms with E-state index in [1.54, 1.807) is 0 Å². The topological polar surface area (TPSA) is 44.8 Å². The molecule has 0 saturated carbocycles. The van der Waals surface area contributed by atoms with E-state index in [1.165, 1.54) is 0 Å². The van der Waals surface area contributed by atoms with Crippen LogP contribution >= 0.6 is 0 Å². The van der Waals surface area contributed by atoms with Crippen LogP contribution in [0.1, 0.15) is 53.4 Å². The van der Waals surface area contributed by atoms with Crippen molar-refractivity contribution in [1.29, 1.82) is 0 Å². The first-order valence-electron chi connectivity index (χ1n) is 15.5. The third kappa shape index (κ3) is 4.98. The predicted molar refractivity (Wildman–Crippen MR) is 180 cm³/mol. The van der Waals surface area contributed by atoms with E-state index in [2.05, 4.69) is 92.5 Å². The van der Waals surface area contributed by atoms with Crippen molar-refractivity contribution in [2.45, 2.75) is 33.2 Å². The molecule has 222 valence electrons. The van der Waals surface area contributed by atoms with Gasteiger partial charge in [0, 0.05) is 59.5 Å². The van der Waals surface area contributed by atoms with E-state index in [4.69, 9.17) is 4.74 Å². The van der Waals surface area contributed by atoms with Crippen molar-refractivity contribution < 1.29 is 9.53 Å². The summed E-state index contributed by atoms with van der Waals surface area (Å²) in [6.07, 6.45) is 0. The first kappa shape index (κ1) is 29.1. The summed E-state index contributed by atoms with van der Waals surface area (Å²) in [5, 5.41) is 3.63. The number of aryl methyl sites for hydroxylation is 1. The standard InChI is InChI=1S/C39H39N3O2/c1-5-41(6-2)32-23-24-33-37(26-32)44-36-25-28(4)35(40-31-21-15-10-16-22-31)27-34(36)39(33,30-19-13-9-14-20-30)42(7-3)38(43)29-17-11-8-12-18-29/h8-27,40H,5-7H2,1-4H3. The first-order chi connectivity index (χ1) is 21.5. The molecule has 5 aromatic carbocycles. The van der Waals surface area contributed by atoms with E-state index in [0.717, 1.165) is 63.9 Å². The highest BCUT2D eigenvalue weighted by molar-refractivity contribution is 5.96. The van der Waals surface area contributed by atoms with Gasteiger partial charge >= 0.3 is 0 Å². The highest BCUT2D eigenvalue weighted by Crippen LogP contribution is 2.55. The number of hydrogen-bond acceptors (Lipinski definition) is 4. The lowest BCUT2D eigenvalue weighted by Gasteiger charge is -2.48. The second-order valence-electron chi connectivity index (χ2n) is 11.1. The second kappa shape index (κ2) is 12.3. The molecule has 5 aromatic rings. The molecule has 5 nitrogen and oxygen atoms in total. The van der Waals surface area contributed by atoms with Gasteiger partial charge in [-0.15, -0.1) is 0 Å². The number of carbonyl (C=O) groups excluding carboxylic acids is 1. The number of amides is 1. The smallest absolute Gasteiger partial charge is 0.255 e. The number of ether oxygens (including phenoxy) is 1. The Kier molecular flexibility index (Phi) is 8.12. The molecule has 44 heavy (non-hydrogen) atoms. The van der Waals surface area contributed by atoms with E-state index in [-0.39, 0.29) is 5.91 Å². The molecule has 1 amide bonds. The first-order valence-corrected chi connectivity index (χ1v) is 15.5. The van der Waals surface area contributed by atoms with Crippen LogP contribution in [0.4, 0.5) is 17.1 Å². The molecular weight excluding hydrogens is 542 g/mol. The Morgan fingerprint density at radius 1 is 0.705 bits per heavy atom. The summed E-state index contributed by atoms with van der Waals surface area (Å²) in [7, 11) is 0. The largest absolute Gasteiger partial charge is 0.456 e. The van der Waals surface area contributed by atoms with Gasteiger partial charge in [-0.1, -0.05) is 72.8 Å². The molecule has 1 atom stereocenters. The number of anilines is 3. The van der Waals surface area contributed by atoms with Crippen LogP contribution in [-0.4, -0.2) is 30.4 Å². The van der Waals surface area contributed by atoms with Crippen LogP contribution in [-0.2, 0) is 5.54 Å². The maximum Gasteiger partial charge on any atom is 0.255 e. The third-order valence-electron chi connectivity index (χ3n) is 8.65. The summed E-state index contributed by atoms with van der Waals surface area (Å²) in [5.41, 5.74) is 6.64. The quantitative estimate of drug-likeness (QED) is 0.189. The van der Waals surface area contributed by atoms with Crippen molar-refractivity contribution in [2.24, 2.45) is 0 Å². The summed E-state index contributed by atoms with van der Waals surface area (Å²) in [6.45, 7) is 10.7. The normalized spacial score (nSPS) is 15.0. The molecule has 0 fully saturated rings. The maximum absolute atomic E-state index is 14.6. The molecule has 0 radical (unpaired) electrons.